The third-order valence-electron chi connectivity index (χ3n) is 17.6. The number of thiazole rings is 1. The largest absolute Gasteiger partial charge is 0.507 e. The highest BCUT2D eigenvalue weighted by molar-refractivity contribution is 7.13. The zero-order valence-electron chi connectivity index (χ0n) is 45.0. The molecule has 8 heterocycles. The Hall–Kier alpha value is -6.25. The number of piperidine rings is 2. The van der Waals surface area contributed by atoms with Crippen LogP contribution < -0.4 is 16.0 Å². The van der Waals surface area contributed by atoms with Gasteiger partial charge in [0.1, 0.15) is 17.7 Å². The summed E-state index contributed by atoms with van der Waals surface area (Å²) in [4.78, 5) is 42.9. The van der Waals surface area contributed by atoms with Gasteiger partial charge in [-0.2, -0.15) is 5.10 Å². The van der Waals surface area contributed by atoms with Crippen LogP contribution in [-0.2, 0) is 14.3 Å². The molecule has 5 aliphatic rings. The Morgan fingerprint density at radius 3 is 2.43 bits per heavy atom. The summed E-state index contributed by atoms with van der Waals surface area (Å²) in [6.45, 7) is 17.9. The first kappa shape index (κ1) is 52.8. The van der Waals surface area contributed by atoms with Gasteiger partial charge in [-0.3, -0.25) is 19.2 Å². The van der Waals surface area contributed by atoms with E-state index in [4.69, 9.17) is 20.1 Å². The van der Waals surface area contributed by atoms with Crippen LogP contribution in [0.3, 0.4) is 0 Å². The molecule has 11 rings (SSSR count). The molecule has 1 unspecified atom stereocenters. The summed E-state index contributed by atoms with van der Waals surface area (Å²) >= 11 is 1.60. The number of nitrogens with one attached hydrogen (secondary N) is 1. The first-order chi connectivity index (χ1) is 37.2. The lowest BCUT2D eigenvalue weighted by Gasteiger charge is -2.56. The summed E-state index contributed by atoms with van der Waals surface area (Å²) in [5.41, 5.74) is 14.3. The van der Waals surface area contributed by atoms with E-state index in [2.05, 4.69) is 47.3 Å². The molecule has 2 aromatic carbocycles. The molecule has 2 amide bonds. The fraction of sp³-hybridized carbons (Fsp3) is 0.534. The number of aliphatic hydroxyl groups excluding tert-OH is 1. The number of morpholine rings is 1. The second kappa shape index (κ2) is 22.2. The minimum Gasteiger partial charge on any atom is -0.507 e. The van der Waals surface area contributed by atoms with Crippen LogP contribution >= 0.6 is 11.3 Å². The van der Waals surface area contributed by atoms with Gasteiger partial charge in [-0.15, -0.1) is 21.5 Å². The predicted octanol–water partition coefficient (Wildman–Crippen LogP) is 7.72. The Balaban J connectivity index is 0.624. The molecular formula is C58H74N12O6S. The van der Waals surface area contributed by atoms with Crippen LogP contribution in [0.5, 0.6) is 5.75 Å². The van der Waals surface area contributed by atoms with Gasteiger partial charge < -0.3 is 45.2 Å². The van der Waals surface area contributed by atoms with E-state index >= 15 is 0 Å². The molecule has 4 saturated heterocycles. The number of anilines is 2. The number of carbonyl (C=O) groups excluding carboxylic acids is 2. The average molecular weight is 1070 g/mol. The number of benzene rings is 2. The fourth-order valence-electron chi connectivity index (χ4n) is 12.9. The molecule has 0 radical (unpaired) electrons. The predicted molar refractivity (Wildman–Crippen MR) is 296 cm³/mol. The van der Waals surface area contributed by atoms with E-state index in [0.29, 0.717) is 46.8 Å². The van der Waals surface area contributed by atoms with Crippen LogP contribution in [0.15, 0.2) is 83.1 Å². The van der Waals surface area contributed by atoms with Crippen LogP contribution in [0, 0.1) is 24.2 Å². The van der Waals surface area contributed by atoms with Crippen molar-refractivity contribution < 1.29 is 29.1 Å². The monoisotopic (exact) mass is 1070 g/mol. The Kier molecular flexibility index (Phi) is 15.2. The molecule has 1 spiro atoms. The normalized spacial score (nSPS) is 22.8. The molecule has 18 nitrogen and oxygen atoms in total. The number of phenolic OH excluding ortho intramolecular Hbond substituents is 1. The van der Waals surface area contributed by atoms with Crippen molar-refractivity contribution in [3.05, 3.63) is 95.6 Å². The van der Waals surface area contributed by atoms with Gasteiger partial charge in [0.2, 0.25) is 11.8 Å². The number of β-amino-alcohol motifs (C(OH)–C–C–N with tert-alkyl or cyclic N) is 1. The van der Waals surface area contributed by atoms with E-state index in [-0.39, 0.29) is 54.6 Å². The smallest absolute Gasteiger partial charge is 0.243 e. The number of aryl methyl sites for hydroxylation is 1. The first-order valence-electron chi connectivity index (χ1n) is 27.7. The third-order valence-corrected chi connectivity index (χ3v) is 18.6. The van der Waals surface area contributed by atoms with Gasteiger partial charge >= 0.3 is 0 Å². The third kappa shape index (κ3) is 11.1. The van der Waals surface area contributed by atoms with Crippen molar-refractivity contribution >= 4 is 34.8 Å². The van der Waals surface area contributed by atoms with Gasteiger partial charge in [-0.25, -0.2) is 4.98 Å². The summed E-state index contributed by atoms with van der Waals surface area (Å²) in [5, 5.41) is 42.0. The molecule has 6 atom stereocenters. The van der Waals surface area contributed by atoms with E-state index in [1.807, 2.05) is 98.8 Å². The maximum atomic E-state index is 14.4. The molecule has 1 aliphatic carbocycles. The standard InChI is InChI=1S/C58H74N12O6S/c1-35(2)53(57(74)69-32-44(71)24-48(69)56(73)62-36(3)40-10-12-41(13-11-40)54-37(4)60-34-77-54)50-26-52(65-76-50)67-18-14-39(15-19-67)30-66-20-16-58(17-21-66)27-43(28-58)68-22-23-75-51(33-68)38(5)70-31-42(29-61-70)46-25-47(63-64-55(46)59)45-8-6-7-9-49(45)72/h6-13,25-26,29,31,34-36,38-39,43-44,48,51,53,71-72H,14-24,27-28,30,32-33H2,1-5H3,(H2,59,64)(H,62,73)/t36-,38?,44+,48-,51-,53+/m0/s1. The van der Waals surface area contributed by atoms with E-state index in [1.54, 1.807) is 28.4 Å². The van der Waals surface area contributed by atoms with Gasteiger partial charge in [0.15, 0.2) is 17.4 Å². The number of phenols is 1. The van der Waals surface area contributed by atoms with Crippen LogP contribution in [0.2, 0.25) is 0 Å². The van der Waals surface area contributed by atoms with Crippen molar-refractivity contribution in [3.63, 3.8) is 0 Å². The van der Waals surface area contributed by atoms with Crippen molar-refractivity contribution in [2.45, 2.75) is 122 Å². The number of likely N-dealkylation sites (tertiary alicyclic amines) is 2. The number of aromatic hydroxyl groups is 1. The lowest BCUT2D eigenvalue weighted by molar-refractivity contribution is -0.141. The van der Waals surface area contributed by atoms with Crippen LogP contribution in [-0.4, -0.2) is 150 Å². The number of hydrogen-bond donors (Lipinski definition) is 4. The van der Waals surface area contributed by atoms with Crippen LogP contribution in [0.4, 0.5) is 11.6 Å². The average Bonchev–Trinajstić information content (AvgIpc) is 4.29. The minimum atomic E-state index is -0.799. The molecule has 4 aromatic heterocycles. The topological polar surface area (TPSA) is 217 Å². The number of nitrogens with zero attached hydrogens (tertiary/aromatic N) is 10. The molecular weight excluding hydrogens is 993 g/mol. The van der Waals surface area contributed by atoms with Crippen molar-refractivity contribution in [3.8, 4) is 38.6 Å². The highest BCUT2D eigenvalue weighted by Crippen LogP contribution is 2.51. The van der Waals surface area contributed by atoms with Gasteiger partial charge in [0.25, 0.3) is 0 Å². The number of rotatable bonds is 15. The highest BCUT2D eigenvalue weighted by Gasteiger charge is 2.49. The second-order valence-corrected chi connectivity index (χ2v) is 23.9. The molecule has 0 bridgehead atoms. The first-order valence-corrected chi connectivity index (χ1v) is 28.6. The maximum Gasteiger partial charge on any atom is 0.243 e. The van der Waals surface area contributed by atoms with Gasteiger partial charge in [-0.05, 0) is 119 Å². The summed E-state index contributed by atoms with van der Waals surface area (Å²) in [6.07, 6.45) is 10.4. The summed E-state index contributed by atoms with van der Waals surface area (Å²) in [7, 11) is 0. The molecule has 6 aromatic rings. The number of aliphatic hydroxyl groups is 1. The molecule has 19 heteroatoms. The number of ether oxygens (including phenoxy) is 1. The van der Waals surface area contributed by atoms with Crippen molar-refractivity contribution in [2.24, 2.45) is 17.3 Å². The van der Waals surface area contributed by atoms with E-state index in [9.17, 15) is 19.8 Å². The van der Waals surface area contributed by atoms with Crippen LogP contribution in [0.1, 0.15) is 108 Å². The number of nitrogen functional groups attached to an aromatic ring is 1. The lowest BCUT2D eigenvalue weighted by Crippen LogP contribution is -2.59. The van der Waals surface area contributed by atoms with Crippen molar-refractivity contribution in [2.75, 3.05) is 69.6 Å². The van der Waals surface area contributed by atoms with E-state index in [0.717, 1.165) is 97.3 Å². The Morgan fingerprint density at radius 1 is 0.935 bits per heavy atom. The number of para-hydroxylation sites is 1. The van der Waals surface area contributed by atoms with Gasteiger partial charge in [0.05, 0.1) is 58.9 Å². The molecule has 1 saturated carbocycles. The zero-order chi connectivity index (χ0) is 53.5. The molecule has 408 valence electrons. The quantitative estimate of drug-likeness (QED) is 0.0774. The summed E-state index contributed by atoms with van der Waals surface area (Å²) < 4.78 is 14.3. The summed E-state index contributed by atoms with van der Waals surface area (Å²) in [6, 6.07) is 18.5. The SMILES string of the molecule is Cc1ncsc1-c1ccc([C@H](C)NC(=O)[C@@H]2C[C@@H](O)CN2C(=O)[C@@H](c2cc(N3CCC(CN4CCC5(CC4)CC(N4CCO[C@H](C(C)n6cc(-c7cc(-c8ccccc8O)nnc7N)cn6)C4)C5)CC3)no2)C(C)C)cc1. The Morgan fingerprint density at radius 2 is 1.70 bits per heavy atom. The molecule has 77 heavy (non-hydrogen) atoms. The van der Waals surface area contributed by atoms with Crippen molar-refractivity contribution in [1.29, 1.82) is 0 Å². The summed E-state index contributed by atoms with van der Waals surface area (Å²) in [5.74, 6) is 1.02. The number of hydrogen-bond acceptors (Lipinski definition) is 16. The number of amides is 2. The maximum absolute atomic E-state index is 14.4. The molecule has 4 aliphatic heterocycles. The number of aromatic nitrogens is 6. The molecule has 5 fully saturated rings. The van der Waals surface area contributed by atoms with E-state index in [1.165, 1.54) is 25.7 Å². The lowest BCUT2D eigenvalue weighted by atomic mass is 9.60. The van der Waals surface area contributed by atoms with Crippen molar-refractivity contribution in [1.82, 2.24) is 50.1 Å². The number of nitrogens with two attached hydrogens (primary N) is 1. The Labute approximate surface area is 455 Å². The Bertz CT molecular complexity index is 3010. The second-order valence-electron chi connectivity index (χ2n) is 23.0. The van der Waals surface area contributed by atoms with Crippen LogP contribution in [0.25, 0.3) is 32.8 Å². The highest BCUT2D eigenvalue weighted by atomic mass is 32.1. The number of carbonyl (C=O) groups is 2. The van der Waals surface area contributed by atoms with Gasteiger partial charge in [0, 0.05) is 80.7 Å². The zero-order valence-corrected chi connectivity index (χ0v) is 45.8. The molecule has 5 N–H and O–H groups in total. The van der Waals surface area contributed by atoms with E-state index < -0.39 is 18.1 Å². The minimum absolute atomic E-state index is 0.00814. The fourth-order valence-corrected chi connectivity index (χ4v) is 13.7. The van der Waals surface area contributed by atoms with Gasteiger partial charge in [-0.1, -0.05) is 55.4 Å².